The van der Waals surface area contributed by atoms with Crippen LogP contribution in [0.2, 0.25) is 0 Å². The van der Waals surface area contributed by atoms with Gasteiger partial charge in [0.25, 0.3) is 0 Å². The third-order valence-electron chi connectivity index (χ3n) is 1.24. The molecule has 0 bridgehead atoms. The van der Waals surface area contributed by atoms with Crippen molar-refractivity contribution in [2.24, 2.45) is 0 Å². The van der Waals surface area contributed by atoms with Crippen molar-refractivity contribution < 1.29 is 34.8 Å². The molecular weight excluding hydrogens is 208 g/mol. The van der Waals surface area contributed by atoms with Crippen molar-refractivity contribution >= 4 is 12.3 Å². The lowest BCUT2D eigenvalue weighted by Crippen LogP contribution is -2.05. The molecule has 0 saturated heterocycles. The van der Waals surface area contributed by atoms with Gasteiger partial charge in [0.1, 0.15) is 0 Å². The lowest BCUT2D eigenvalue weighted by molar-refractivity contribution is -0.0465. The molecule has 0 amide bonds. The van der Waals surface area contributed by atoms with E-state index in [1.54, 1.807) is 0 Å². The van der Waals surface area contributed by atoms with Crippen LogP contribution >= 0.6 is 0 Å². The number of unbranched alkanes of at least 4 members (excludes halogenated alkanes) is 2. The van der Waals surface area contributed by atoms with Gasteiger partial charge in [0.2, 0.25) is 0 Å². The molecule has 7 nitrogen and oxygen atoms in total. The summed E-state index contributed by atoms with van der Waals surface area (Å²) in [7, 11) is 0. The Morgan fingerprint density at radius 3 is 1.80 bits per heavy atom. The number of carbonyl (C=O) groups is 2. The van der Waals surface area contributed by atoms with Crippen LogP contribution in [0.4, 0.5) is 9.59 Å². The molecule has 15 heavy (non-hydrogen) atoms. The number of carboxylic acid groups (broad SMARTS) is 2. The zero-order chi connectivity index (χ0) is 12.3. The van der Waals surface area contributed by atoms with Crippen LogP contribution in [0, 0.1) is 0 Å². The molecule has 0 saturated carbocycles. The van der Waals surface area contributed by atoms with Crippen LogP contribution in [0.15, 0.2) is 0 Å². The first kappa shape index (κ1) is 16.1. The van der Waals surface area contributed by atoms with Crippen LogP contribution in [0.25, 0.3) is 0 Å². The van der Waals surface area contributed by atoms with Crippen molar-refractivity contribution in [3.8, 4) is 0 Å². The van der Waals surface area contributed by atoms with Gasteiger partial charge in [-0.05, 0) is 12.8 Å². The van der Waals surface area contributed by atoms with Crippen molar-refractivity contribution in [1.82, 2.24) is 0 Å². The Morgan fingerprint density at radius 2 is 1.60 bits per heavy atom. The van der Waals surface area contributed by atoms with Crippen LogP contribution in [0.5, 0.6) is 0 Å². The Bertz CT molecular complexity index is 166. The summed E-state index contributed by atoms with van der Waals surface area (Å²) in [4.78, 5) is 18.4. The average molecular weight is 224 g/mol. The zero-order valence-electron chi connectivity index (χ0n) is 8.42. The fourth-order valence-corrected chi connectivity index (χ4v) is 0.652. The van der Waals surface area contributed by atoms with E-state index in [0.717, 1.165) is 19.3 Å². The highest BCUT2D eigenvalue weighted by atomic mass is 16.7. The van der Waals surface area contributed by atoms with E-state index in [1.165, 1.54) is 0 Å². The van der Waals surface area contributed by atoms with E-state index in [9.17, 15) is 9.59 Å². The summed E-state index contributed by atoms with van der Waals surface area (Å²) in [5, 5.41) is 31.6. The van der Waals surface area contributed by atoms with Crippen molar-refractivity contribution in [3.05, 3.63) is 0 Å². The Balaban J connectivity index is 0. The fourth-order valence-electron chi connectivity index (χ4n) is 0.652. The Hall–Kier alpha value is -1.34. The minimum atomic E-state index is -1.81. The number of ether oxygens (including phenoxy) is 1. The molecule has 0 aliphatic rings. The summed E-state index contributed by atoms with van der Waals surface area (Å²) in [6.45, 7) is 2.09. The molecule has 0 aromatic heterocycles. The highest BCUT2D eigenvalue weighted by molar-refractivity contribution is 5.74. The lowest BCUT2D eigenvalue weighted by atomic mass is 10.2. The van der Waals surface area contributed by atoms with E-state index in [-0.39, 0.29) is 0 Å². The zero-order valence-corrected chi connectivity index (χ0v) is 8.42. The van der Waals surface area contributed by atoms with Crippen molar-refractivity contribution in [3.63, 3.8) is 0 Å². The maximum atomic E-state index is 9.21. The molecule has 0 heterocycles. The number of hydrogen-bond donors (Lipinski definition) is 4. The van der Waals surface area contributed by atoms with Gasteiger partial charge in [-0.3, -0.25) is 0 Å². The van der Waals surface area contributed by atoms with Crippen molar-refractivity contribution in [2.75, 3.05) is 0 Å². The van der Waals surface area contributed by atoms with E-state index in [0.29, 0.717) is 6.42 Å². The van der Waals surface area contributed by atoms with Crippen molar-refractivity contribution in [2.45, 2.75) is 38.9 Å². The lowest BCUT2D eigenvalue weighted by Gasteiger charge is -1.99. The minimum Gasteiger partial charge on any atom is -0.449 e. The van der Waals surface area contributed by atoms with Gasteiger partial charge in [-0.15, -0.1) is 0 Å². The van der Waals surface area contributed by atoms with E-state index >= 15 is 0 Å². The Morgan fingerprint density at radius 1 is 1.13 bits per heavy atom. The summed E-state index contributed by atoms with van der Waals surface area (Å²) in [5.74, 6) is 0. The SMILES string of the molecule is CCCCCC(O)O.O=C(O)OC(=O)O. The quantitative estimate of drug-likeness (QED) is 0.245. The summed E-state index contributed by atoms with van der Waals surface area (Å²) < 4.78 is 3.08. The van der Waals surface area contributed by atoms with Gasteiger partial charge in [0, 0.05) is 0 Å². The van der Waals surface area contributed by atoms with Crippen LogP contribution in [0.1, 0.15) is 32.6 Å². The van der Waals surface area contributed by atoms with Crippen molar-refractivity contribution in [1.29, 1.82) is 0 Å². The molecule has 0 rings (SSSR count). The number of rotatable bonds is 4. The molecule has 90 valence electrons. The number of hydrogen-bond acceptors (Lipinski definition) is 5. The Kier molecular flexibility index (Phi) is 11.5. The maximum Gasteiger partial charge on any atom is 0.516 e. The summed E-state index contributed by atoms with van der Waals surface area (Å²) >= 11 is 0. The maximum absolute atomic E-state index is 9.21. The second kappa shape index (κ2) is 10.7. The van der Waals surface area contributed by atoms with Gasteiger partial charge in [-0.2, -0.15) is 0 Å². The molecule has 0 unspecified atom stereocenters. The first-order chi connectivity index (χ1) is 6.90. The fraction of sp³-hybridized carbons (Fsp3) is 0.750. The van der Waals surface area contributed by atoms with Crippen LogP contribution in [0.3, 0.4) is 0 Å². The molecule has 7 heteroatoms. The molecule has 0 atom stereocenters. The molecular formula is C8H16O7. The predicted octanol–water partition coefficient (Wildman–Crippen LogP) is 1.24. The third-order valence-corrected chi connectivity index (χ3v) is 1.24. The molecule has 0 aromatic rings. The van der Waals surface area contributed by atoms with E-state index in [2.05, 4.69) is 11.7 Å². The molecule has 4 N–H and O–H groups in total. The molecule has 0 aromatic carbocycles. The van der Waals surface area contributed by atoms with Gasteiger partial charge >= 0.3 is 12.3 Å². The highest BCUT2D eigenvalue weighted by Crippen LogP contribution is 1.99. The first-order valence-corrected chi connectivity index (χ1v) is 4.40. The topological polar surface area (TPSA) is 124 Å². The standard InChI is InChI=1S/C6H14O2.C2H2O5/c1-2-3-4-5-6(7)8;3-1(4)7-2(5)6/h6-8H,2-5H2,1H3;(H,3,4)(H,5,6). The molecule has 0 fully saturated rings. The minimum absolute atomic E-state index is 0.522. The van der Waals surface area contributed by atoms with Gasteiger partial charge in [0.05, 0.1) is 0 Å². The summed E-state index contributed by atoms with van der Waals surface area (Å²) in [6.07, 6.45) is -1.05. The van der Waals surface area contributed by atoms with Crippen LogP contribution in [-0.4, -0.2) is 39.0 Å². The van der Waals surface area contributed by atoms with E-state index < -0.39 is 18.6 Å². The summed E-state index contributed by atoms with van der Waals surface area (Å²) in [6, 6.07) is 0. The Labute approximate surface area is 86.9 Å². The predicted molar refractivity (Wildman–Crippen MR) is 49.5 cm³/mol. The largest absolute Gasteiger partial charge is 0.516 e. The second-order valence-corrected chi connectivity index (χ2v) is 2.61. The van der Waals surface area contributed by atoms with Gasteiger partial charge < -0.3 is 25.2 Å². The first-order valence-electron chi connectivity index (χ1n) is 4.40. The highest BCUT2D eigenvalue weighted by Gasteiger charge is 2.01. The van der Waals surface area contributed by atoms with Gasteiger partial charge in [-0.1, -0.05) is 19.8 Å². The third kappa shape index (κ3) is 24.5. The van der Waals surface area contributed by atoms with Gasteiger partial charge in [-0.25, -0.2) is 9.59 Å². The second-order valence-electron chi connectivity index (χ2n) is 2.61. The molecule has 0 radical (unpaired) electrons. The monoisotopic (exact) mass is 224 g/mol. The van der Waals surface area contributed by atoms with Gasteiger partial charge in [0.15, 0.2) is 6.29 Å². The molecule has 0 aliphatic heterocycles. The number of aliphatic hydroxyl groups excluding tert-OH is 1. The normalized spacial score (nSPS) is 9.07. The average Bonchev–Trinajstić information content (AvgIpc) is 2.02. The van der Waals surface area contributed by atoms with E-state index in [4.69, 9.17) is 20.4 Å². The molecule has 0 aliphatic carbocycles. The van der Waals surface area contributed by atoms with Crippen LogP contribution in [-0.2, 0) is 4.74 Å². The van der Waals surface area contributed by atoms with E-state index in [1.807, 2.05) is 0 Å². The molecule has 0 spiro atoms. The van der Waals surface area contributed by atoms with Crippen LogP contribution < -0.4 is 0 Å². The summed E-state index contributed by atoms with van der Waals surface area (Å²) in [5.41, 5.74) is 0. The smallest absolute Gasteiger partial charge is 0.449 e. The number of aliphatic hydroxyl groups is 2.